The van der Waals surface area contributed by atoms with Crippen molar-refractivity contribution in [2.24, 2.45) is 17.8 Å². The molecule has 3 heteroatoms. The Hall–Kier alpha value is -0.725. The second kappa shape index (κ2) is 4.68. The van der Waals surface area contributed by atoms with Gasteiger partial charge in [-0.3, -0.25) is 4.79 Å². The highest BCUT2D eigenvalue weighted by Gasteiger charge is 2.55. The van der Waals surface area contributed by atoms with E-state index in [9.17, 15) is 4.79 Å². The third-order valence-corrected chi connectivity index (χ3v) is 5.72. The van der Waals surface area contributed by atoms with E-state index in [0.29, 0.717) is 5.31 Å². The van der Waals surface area contributed by atoms with E-state index in [4.69, 9.17) is 4.65 Å². The summed E-state index contributed by atoms with van der Waals surface area (Å²) in [4.78, 5) is 11.1. The normalized spacial score (nSPS) is 40.4. The maximum Gasteiger partial charge on any atom is 0.360 e. The monoisotopic (exact) mass is 260 g/mol. The average Bonchev–Trinajstić information content (AvgIpc) is 2.25. The van der Waals surface area contributed by atoms with Crippen LogP contribution in [-0.4, -0.2) is 12.7 Å². The largest absolute Gasteiger partial charge is 0.563 e. The Morgan fingerprint density at radius 1 is 1.11 bits per heavy atom. The van der Waals surface area contributed by atoms with Crippen molar-refractivity contribution in [1.82, 2.24) is 0 Å². The van der Waals surface area contributed by atoms with Gasteiger partial charge in [-0.15, -0.1) is 0 Å². The van der Waals surface area contributed by atoms with Crippen molar-refractivity contribution in [1.29, 1.82) is 0 Å². The lowest BCUT2D eigenvalue weighted by Crippen LogP contribution is -2.49. The summed E-state index contributed by atoms with van der Waals surface area (Å²) in [5, 5.41) is 0.403. The fourth-order valence-corrected chi connectivity index (χ4v) is 5.40. The lowest BCUT2D eigenvalue weighted by atomic mass is 9.33. The molecule has 4 rings (SSSR count). The van der Waals surface area contributed by atoms with E-state index >= 15 is 0 Å². The maximum absolute atomic E-state index is 11.1. The molecule has 0 heterocycles. The molecule has 4 saturated carbocycles. The summed E-state index contributed by atoms with van der Waals surface area (Å²) in [6.07, 6.45) is 10.1. The minimum absolute atomic E-state index is 0.0789. The molecule has 2 nitrogen and oxygen atoms in total. The average molecular weight is 260 g/mol. The lowest BCUT2D eigenvalue weighted by Gasteiger charge is -2.57. The van der Waals surface area contributed by atoms with Crippen LogP contribution in [0.4, 0.5) is 0 Å². The molecule has 4 bridgehead atoms. The second-order valence-corrected chi connectivity index (χ2v) is 7.41. The molecule has 4 fully saturated rings. The number of hydrogen-bond donors (Lipinski definition) is 0. The van der Waals surface area contributed by atoms with Gasteiger partial charge in [0.1, 0.15) is 0 Å². The maximum atomic E-state index is 11.1. The molecule has 0 aromatic heterocycles. The summed E-state index contributed by atoms with van der Waals surface area (Å²) in [7, 11) is 0. The van der Waals surface area contributed by atoms with Crippen LogP contribution < -0.4 is 0 Å². The first-order chi connectivity index (χ1) is 8.97. The highest BCUT2D eigenvalue weighted by molar-refractivity contribution is 6.54. The van der Waals surface area contributed by atoms with Gasteiger partial charge in [-0.2, -0.15) is 0 Å². The molecular formula is C16H25BO2. The first-order valence-corrected chi connectivity index (χ1v) is 7.82. The van der Waals surface area contributed by atoms with E-state index in [0.717, 1.165) is 23.5 Å². The van der Waals surface area contributed by atoms with Crippen LogP contribution in [-0.2, 0) is 9.45 Å². The third kappa shape index (κ3) is 2.48. The van der Waals surface area contributed by atoms with Gasteiger partial charge in [-0.1, -0.05) is 0 Å². The summed E-state index contributed by atoms with van der Waals surface area (Å²) in [6.45, 7) is 5.99. The van der Waals surface area contributed by atoms with Crippen LogP contribution in [0, 0.1) is 17.8 Å². The number of hydrogen-bond acceptors (Lipinski definition) is 2. The molecule has 0 atom stereocenters. The highest BCUT2D eigenvalue weighted by atomic mass is 16.4. The quantitative estimate of drug-likeness (QED) is 0.432. The van der Waals surface area contributed by atoms with E-state index in [1.807, 2.05) is 6.92 Å². The topological polar surface area (TPSA) is 26.3 Å². The zero-order valence-corrected chi connectivity index (χ0v) is 12.4. The van der Waals surface area contributed by atoms with Crippen molar-refractivity contribution in [3.8, 4) is 0 Å². The van der Waals surface area contributed by atoms with Gasteiger partial charge in [-0.25, -0.2) is 0 Å². The van der Waals surface area contributed by atoms with Crippen molar-refractivity contribution in [2.75, 3.05) is 0 Å². The molecule has 0 N–H and O–H groups in total. The SMILES string of the molecule is CB(O/C(C)=C/C(C)=O)C12CC3CC(CC(C3)C1)C2. The fraction of sp³-hybridized carbons (Fsp3) is 0.812. The Kier molecular flexibility index (Phi) is 3.27. The summed E-state index contributed by atoms with van der Waals surface area (Å²) in [5.41, 5.74) is 0. The molecule has 0 unspecified atom stereocenters. The summed E-state index contributed by atoms with van der Waals surface area (Å²) >= 11 is 0. The molecule has 0 amide bonds. The molecule has 4 aliphatic rings. The molecular weight excluding hydrogens is 235 g/mol. The van der Waals surface area contributed by atoms with Crippen LogP contribution in [0.5, 0.6) is 0 Å². The van der Waals surface area contributed by atoms with Crippen LogP contribution in [0.25, 0.3) is 0 Å². The smallest absolute Gasteiger partial charge is 0.360 e. The number of carbonyl (C=O) groups excluding carboxylic acids is 1. The Bertz CT molecular complexity index is 378. The van der Waals surface area contributed by atoms with E-state index in [1.54, 1.807) is 13.0 Å². The van der Waals surface area contributed by atoms with Gasteiger partial charge in [0, 0.05) is 6.08 Å². The zero-order valence-electron chi connectivity index (χ0n) is 12.4. The third-order valence-electron chi connectivity index (χ3n) is 5.72. The van der Waals surface area contributed by atoms with E-state index in [2.05, 4.69) is 6.82 Å². The molecule has 0 saturated heterocycles. The Morgan fingerprint density at radius 2 is 1.58 bits per heavy atom. The number of carbonyl (C=O) groups is 1. The molecule has 104 valence electrons. The highest BCUT2D eigenvalue weighted by Crippen LogP contribution is 2.65. The van der Waals surface area contributed by atoms with Crippen molar-refractivity contribution >= 4 is 12.7 Å². The molecule has 0 aromatic rings. The standard InChI is InChI=1S/C16H25BO2/c1-11(18)4-12(2)19-17(3)16-8-13-5-14(9-16)7-15(6-13)10-16/h4,13-15H,5-10H2,1-3H3/b12-4+. The minimum atomic E-state index is 0.0789. The molecule has 4 aliphatic carbocycles. The second-order valence-electron chi connectivity index (χ2n) is 7.41. The van der Waals surface area contributed by atoms with Crippen LogP contribution in [0.15, 0.2) is 11.8 Å². The molecule has 0 aromatic carbocycles. The summed E-state index contributed by atoms with van der Waals surface area (Å²) in [5.74, 6) is 3.73. The predicted molar refractivity (Wildman–Crippen MR) is 78.0 cm³/mol. The van der Waals surface area contributed by atoms with Gasteiger partial charge >= 0.3 is 6.92 Å². The molecule has 0 spiro atoms. The fourth-order valence-electron chi connectivity index (χ4n) is 5.40. The van der Waals surface area contributed by atoms with Gasteiger partial charge in [-0.05, 0) is 82.3 Å². The number of allylic oxidation sites excluding steroid dienone is 2. The molecule has 0 aliphatic heterocycles. The predicted octanol–water partition coefficient (Wildman–Crippen LogP) is 4.09. The van der Waals surface area contributed by atoms with Gasteiger partial charge in [0.15, 0.2) is 5.78 Å². The Balaban J connectivity index is 1.72. The number of rotatable bonds is 4. The van der Waals surface area contributed by atoms with Gasteiger partial charge in [0.05, 0.1) is 5.76 Å². The number of ketones is 1. The molecule has 0 radical (unpaired) electrons. The zero-order chi connectivity index (χ0) is 13.6. The summed E-state index contributed by atoms with van der Waals surface area (Å²) in [6, 6.07) is 0. The van der Waals surface area contributed by atoms with Crippen molar-refractivity contribution in [2.45, 2.75) is 64.5 Å². The van der Waals surface area contributed by atoms with Crippen LogP contribution >= 0.6 is 0 Å². The van der Waals surface area contributed by atoms with Gasteiger partial charge < -0.3 is 4.65 Å². The van der Waals surface area contributed by atoms with E-state index < -0.39 is 0 Å². The summed E-state index contributed by atoms with van der Waals surface area (Å²) < 4.78 is 6.09. The van der Waals surface area contributed by atoms with E-state index in [-0.39, 0.29) is 12.7 Å². The van der Waals surface area contributed by atoms with Crippen LogP contribution in [0.2, 0.25) is 12.1 Å². The molecule has 19 heavy (non-hydrogen) atoms. The van der Waals surface area contributed by atoms with Gasteiger partial charge in [0.2, 0.25) is 0 Å². The first kappa shape index (κ1) is 13.3. The van der Waals surface area contributed by atoms with Crippen LogP contribution in [0.1, 0.15) is 52.4 Å². The van der Waals surface area contributed by atoms with Gasteiger partial charge in [0.25, 0.3) is 0 Å². The van der Waals surface area contributed by atoms with Crippen LogP contribution in [0.3, 0.4) is 0 Å². The van der Waals surface area contributed by atoms with Crippen molar-refractivity contribution in [3.63, 3.8) is 0 Å². The Labute approximate surface area is 117 Å². The van der Waals surface area contributed by atoms with Crippen molar-refractivity contribution in [3.05, 3.63) is 11.8 Å². The lowest BCUT2D eigenvalue weighted by molar-refractivity contribution is -0.112. The van der Waals surface area contributed by atoms with E-state index in [1.165, 1.54) is 38.5 Å². The minimum Gasteiger partial charge on any atom is -0.563 e. The first-order valence-electron chi connectivity index (χ1n) is 7.82. The van der Waals surface area contributed by atoms with Crippen molar-refractivity contribution < 1.29 is 9.45 Å². The Morgan fingerprint density at radius 3 is 2.00 bits per heavy atom.